The summed E-state index contributed by atoms with van der Waals surface area (Å²) >= 11 is 0. The fraction of sp³-hybridized carbons (Fsp3) is 0.281. The maximum atomic E-state index is 12.6. The molecule has 208 valence electrons. The third-order valence-corrected chi connectivity index (χ3v) is 6.16. The molecule has 8 heteroatoms. The smallest absolute Gasteiger partial charge is 0.410 e. The van der Waals surface area contributed by atoms with E-state index < -0.39 is 11.6 Å². The molecule has 40 heavy (non-hydrogen) atoms. The van der Waals surface area contributed by atoms with Gasteiger partial charge in [0, 0.05) is 29.6 Å². The molecular formula is C32H35N3O5. The van der Waals surface area contributed by atoms with Crippen molar-refractivity contribution in [3.63, 3.8) is 0 Å². The molecule has 0 saturated heterocycles. The number of carbonyl (C=O) groups excluding carboxylic acids is 2. The number of nitrogens with zero attached hydrogens (tertiary/aromatic N) is 2. The number of amides is 1. The molecule has 0 unspecified atom stereocenters. The third-order valence-electron chi connectivity index (χ3n) is 6.16. The number of nitrogens with one attached hydrogen (secondary N) is 1. The van der Waals surface area contributed by atoms with Gasteiger partial charge in [-0.05, 0) is 64.4 Å². The van der Waals surface area contributed by atoms with Crippen molar-refractivity contribution in [1.82, 2.24) is 9.88 Å². The van der Waals surface area contributed by atoms with Gasteiger partial charge in [-0.1, -0.05) is 48.5 Å². The number of aromatic nitrogens is 1. The van der Waals surface area contributed by atoms with Gasteiger partial charge in [0.1, 0.15) is 5.60 Å². The van der Waals surface area contributed by atoms with E-state index in [0.717, 1.165) is 16.5 Å². The largest absolute Gasteiger partial charge is 0.494 e. The number of aromatic hydroxyl groups is 1. The van der Waals surface area contributed by atoms with Crippen molar-refractivity contribution in [2.45, 2.75) is 46.8 Å². The van der Waals surface area contributed by atoms with Gasteiger partial charge < -0.3 is 24.5 Å². The van der Waals surface area contributed by atoms with Crippen LogP contribution in [0.25, 0.3) is 10.9 Å². The molecule has 0 aliphatic heterocycles. The van der Waals surface area contributed by atoms with Crippen molar-refractivity contribution in [3.05, 3.63) is 95.1 Å². The zero-order valence-corrected chi connectivity index (χ0v) is 23.5. The quantitative estimate of drug-likeness (QED) is 0.185. The standard InChI is InChI=1S/C32H35N3O5/c1-6-35(31(38)40-32(3,4)5)20-21-13-16-24(17-14-21)33-28(22-11-9-8-10-12-22)27-25-18-15-23(30(37)39-7-2)19-26(25)34-29(27)36/h8-19,34,36H,6-7,20H2,1-5H3. The second-order valence-electron chi connectivity index (χ2n) is 10.3. The molecule has 4 rings (SSSR count). The topological polar surface area (TPSA) is 104 Å². The van der Waals surface area contributed by atoms with E-state index in [9.17, 15) is 14.7 Å². The van der Waals surface area contributed by atoms with Gasteiger partial charge in [0.15, 0.2) is 5.88 Å². The number of benzene rings is 3. The number of hydrogen-bond acceptors (Lipinski definition) is 6. The predicted molar refractivity (Wildman–Crippen MR) is 156 cm³/mol. The Morgan fingerprint density at radius 2 is 1.65 bits per heavy atom. The molecule has 8 nitrogen and oxygen atoms in total. The first-order chi connectivity index (χ1) is 19.1. The van der Waals surface area contributed by atoms with Crippen LogP contribution < -0.4 is 0 Å². The van der Waals surface area contributed by atoms with Crippen molar-refractivity contribution in [1.29, 1.82) is 0 Å². The maximum absolute atomic E-state index is 12.6. The highest BCUT2D eigenvalue weighted by molar-refractivity contribution is 6.22. The number of hydrogen-bond donors (Lipinski definition) is 2. The normalized spacial score (nSPS) is 11.9. The lowest BCUT2D eigenvalue weighted by molar-refractivity contribution is 0.0244. The Morgan fingerprint density at radius 3 is 2.27 bits per heavy atom. The van der Waals surface area contributed by atoms with Gasteiger partial charge in [-0.2, -0.15) is 0 Å². The Labute approximate surface area is 234 Å². The number of rotatable bonds is 8. The van der Waals surface area contributed by atoms with E-state index >= 15 is 0 Å². The van der Waals surface area contributed by atoms with Gasteiger partial charge in [-0.3, -0.25) is 0 Å². The van der Waals surface area contributed by atoms with Crippen LogP contribution in [0.15, 0.2) is 77.8 Å². The molecule has 0 saturated carbocycles. The summed E-state index contributed by atoms with van der Waals surface area (Å²) in [7, 11) is 0. The van der Waals surface area contributed by atoms with Crippen LogP contribution in [-0.4, -0.2) is 51.5 Å². The Kier molecular flexibility index (Phi) is 8.58. The van der Waals surface area contributed by atoms with E-state index in [-0.39, 0.29) is 18.6 Å². The van der Waals surface area contributed by atoms with Crippen LogP contribution in [0.2, 0.25) is 0 Å². The number of ether oxygens (including phenoxy) is 2. The van der Waals surface area contributed by atoms with E-state index in [1.54, 1.807) is 30.0 Å². The van der Waals surface area contributed by atoms with Crippen molar-refractivity contribution in [2.24, 2.45) is 4.99 Å². The number of aromatic amines is 1. The van der Waals surface area contributed by atoms with E-state index in [0.29, 0.717) is 41.1 Å². The van der Waals surface area contributed by atoms with Crippen LogP contribution in [0, 0.1) is 0 Å². The second-order valence-corrected chi connectivity index (χ2v) is 10.3. The van der Waals surface area contributed by atoms with Crippen LogP contribution in [0.3, 0.4) is 0 Å². The highest BCUT2D eigenvalue weighted by Crippen LogP contribution is 2.32. The average Bonchev–Trinajstić information content (AvgIpc) is 3.25. The Bertz CT molecular complexity index is 1520. The molecular weight excluding hydrogens is 506 g/mol. The van der Waals surface area contributed by atoms with Crippen LogP contribution in [0.1, 0.15) is 61.7 Å². The second kappa shape index (κ2) is 12.1. The van der Waals surface area contributed by atoms with Gasteiger partial charge in [-0.15, -0.1) is 0 Å². The van der Waals surface area contributed by atoms with Crippen molar-refractivity contribution >= 4 is 34.4 Å². The fourth-order valence-corrected chi connectivity index (χ4v) is 4.28. The van der Waals surface area contributed by atoms with E-state index in [4.69, 9.17) is 14.5 Å². The van der Waals surface area contributed by atoms with Gasteiger partial charge >= 0.3 is 12.1 Å². The Balaban J connectivity index is 1.69. The molecule has 1 amide bonds. The Morgan fingerprint density at radius 1 is 0.950 bits per heavy atom. The molecule has 0 aliphatic rings. The maximum Gasteiger partial charge on any atom is 0.410 e. The summed E-state index contributed by atoms with van der Waals surface area (Å²) in [4.78, 5) is 34.4. The van der Waals surface area contributed by atoms with Crippen LogP contribution in [0.5, 0.6) is 5.88 Å². The number of fused-ring (bicyclic) bond motifs is 1. The molecule has 2 N–H and O–H groups in total. The highest BCUT2D eigenvalue weighted by Gasteiger charge is 2.22. The van der Waals surface area contributed by atoms with E-state index in [1.807, 2.05) is 82.3 Å². The van der Waals surface area contributed by atoms with Gasteiger partial charge in [0.25, 0.3) is 0 Å². The van der Waals surface area contributed by atoms with Crippen molar-refractivity contribution in [3.8, 4) is 5.88 Å². The first-order valence-corrected chi connectivity index (χ1v) is 13.3. The molecule has 3 aromatic carbocycles. The SMILES string of the molecule is CCOC(=O)c1ccc2c(C(=Nc3ccc(CN(CC)C(=O)OC(C)(C)C)cc3)c3ccccc3)c(O)[nH]c2c1. The first-order valence-electron chi connectivity index (χ1n) is 13.3. The average molecular weight is 542 g/mol. The molecule has 0 bridgehead atoms. The molecule has 0 spiro atoms. The summed E-state index contributed by atoms with van der Waals surface area (Å²) in [5.74, 6) is -0.475. The monoisotopic (exact) mass is 541 g/mol. The summed E-state index contributed by atoms with van der Waals surface area (Å²) in [5, 5.41) is 11.7. The molecule has 0 radical (unpaired) electrons. The number of H-pyrrole nitrogens is 1. The number of aliphatic imine (C=N–C) groups is 1. The fourth-order valence-electron chi connectivity index (χ4n) is 4.28. The number of esters is 1. The highest BCUT2D eigenvalue weighted by atomic mass is 16.6. The molecule has 1 aromatic heterocycles. The lowest BCUT2D eigenvalue weighted by Crippen LogP contribution is -2.36. The minimum atomic E-state index is -0.564. The summed E-state index contributed by atoms with van der Waals surface area (Å²) in [6.07, 6.45) is -0.357. The van der Waals surface area contributed by atoms with E-state index in [2.05, 4.69) is 4.98 Å². The third kappa shape index (κ3) is 6.69. The van der Waals surface area contributed by atoms with Crippen LogP contribution in [0.4, 0.5) is 10.5 Å². The van der Waals surface area contributed by atoms with Crippen molar-refractivity contribution < 1.29 is 24.2 Å². The van der Waals surface area contributed by atoms with Gasteiger partial charge in [0.2, 0.25) is 0 Å². The predicted octanol–water partition coefficient (Wildman–Crippen LogP) is 6.98. The summed E-state index contributed by atoms with van der Waals surface area (Å²) in [6, 6.07) is 22.3. The Hall–Kier alpha value is -4.59. The lowest BCUT2D eigenvalue weighted by atomic mass is 10.00. The zero-order valence-electron chi connectivity index (χ0n) is 23.5. The van der Waals surface area contributed by atoms with E-state index in [1.165, 1.54) is 0 Å². The molecule has 1 heterocycles. The van der Waals surface area contributed by atoms with Gasteiger partial charge in [-0.25, -0.2) is 14.6 Å². The first kappa shape index (κ1) is 28.4. The summed E-state index contributed by atoms with van der Waals surface area (Å²) < 4.78 is 10.6. The summed E-state index contributed by atoms with van der Waals surface area (Å²) in [5.41, 5.74) is 3.97. The van der Waals surface area contributed by atoms with Crippen molar-refractivity contribution in [2.75, 3.05) is 13.2 Å². The minimum Gasteiger partial charge on any atom is -0.494 e. The molecule has 4 aromatic rings. The molecule has 0 aliphatic carbocycles. The minimum absolute atomic E-state index is 0.0498. The van der Waals surface area contributed by atoms with Crippen LogP contribution in [-0.2, 0) is 16.0 Å². The lowest BCUT2D eigenvalue weighted by Gasteiger charge is -2.26. The van der Waals surface area contributed by atoms with Gasteiger partial charge in [0.05, 0.1) is 29.1 Å². The molecule has 0 fully saturated rings. The zero-order chi connectivity index (χ0) is 28.9. The number of carbonyl (C=O) groups is 2. The van der Waals surface area contributed by atoms with Crippen LogP contribution >= 0.6 is 0 Å². The molecule has 0 atom stereocenters. The summed E-state index contributed by atoms with van der Waals surface area (Å²) in [6.45, 7) is 10.4.